The number of rotatable bonds is 9. The van der Waals surface area contributed by atoms with Crippen molar-refractivity contribution in [3.63, 3.8) is 0 Å². The van der Waals surface area contributed by atoms with E-state index >= 15 is 0 Å². The van der Waals surface area contributed by atoms with E-state index in [2.05, 4.69) is 47.5 Å². The first-order chi connectivity index (χ1) is 18.3. The summed E-state index contributed by atoms with van der Waals surface area (Å²) in [4.78, 5) is 15.7. The van der Waals surface area contributed by atoms with Gasteiger partial charge in [-0.05, 0) is 63.0 Å². The Bertz CT molecular complexity index is 1120. The lowest BCUT2D eigenvalue weighted by atomic mass is 9.86. The van der Waals surface area contributed by atoms with Crippen LogP contribution in [0.25, 0.3) is 5.57 Å². The third kappa shape index (κ3) is 5.88. The van der Waals surface area contributed by atoms with Crippen LogP contribution < -0.4 is 5.32 Å². The first-order valence-corrected chi connectivity index (χ1v) is 15.0. The molecule has 2 saturated heterocycles. The minimum Gasteiger partial charge on any atom is -0.349 e. The Morgan fingerprint density at radius 2 is 1.76 bits per heavy atom. The van der Waals surface area contributed by atoms with Crippen molar-refractivity contribution in [3.05, 3.63) is 54.1 Å². The van der Waals surface area contributed by atoms with Gasteiger partial charge in [0.25, 0.3) is 0 Å². The highest BCUT2D eigenvalue weighted by atomic mass is 79.9. The van der Waals surface area contributed by atoms with Gasteiger partial charge in [0.05, 0.1) is 11.4 Å². The van der Waals surface area contributed by atoms with Gasteiger partial charge in [0.1, 0.15) is 5.82 Å². The SMILES string of the molecule is C=C(C)c1nnc(CBr)n1C1CC2CCC(C1)N2CC[C@H](NC(=O)C1CCC(F)(F)CC1)c1ccccc1. The Morgan fingerprint density at radius 3 is 2.37 bits per heavy atom. The molecule has 3 fully saturated rings. The lowest BCUT2D eigenvalue weighted by Crippen LogP contribution is -2.45. The molecule has 1 N–H and O–H groups in total. The van der Waals surface area contributed by atoms with E-state index in [4.69, 9.17) is 0 Å². The highest BCUT2D eigenvalue weighted by molar-refractivity contribution is 9.08. The lowest BCUT2D eigenvalue weighted by molar-refractivity contribution is -0.130. The van der Waals surface area contributed by atoms with Crippen LogP contribution in [0.15, 0.2) is 36.9 Å². The topological polar surface area (TPSA) is 63.1 Å². The molecule has 2 unspecified atom stereocenters. The van der Waals surface area contributed by atoms with Gasteiger partial charge in [-0.25, -0.2) is 8.78 Å². The molecule has 206 valence electrons. The zero-order chi connectivity index (χ0) is 26.9. The van der Waals surface area contributed by atoms with E-state index in [0.717, 1.165) is 48.6 Å². The number of alkyl halides is 3. The zero-order valence-electron chi connectivity index (χ0n) is 22.1. The van der Waals surface area contributed by atoms with Crippen LogP contribution in [-0.4, -0.2) is 50.1 Å². The number of amides is 1. The number of halogens is 3. The standard InChI is InChI=1S/C29H38BrF2N5O/c1-19(2)27-35-34-26(18-30)37(27)24-16-22-8-9-23(17-24)36(22)15-12-25(20-6-4-3-5-7-20)33-28(38)21-10-13-29(31,32)14-11-21/h3-7,21-25H,1,8-18H2,2H3,(H,33,38)/t22?,23?,24?,25-/m0/s1. The molecule has 3 aliphatic rings. The molecular formula is C29H38BrF2N5O. The van der Waals surface area contributed by atoms with Gasteiger partial charge in [-0.15, -0.1) is 10.2 Å². The molecule has 2 aliphatic heterocycles. The fourth-order valence-electron chi connectivity index (χ4n) is 6.79. The monoisotopic (exact) mass is 589 g/mol. The molecule has 3 heterocycles. The van der Waals surface area contributed by atoms with E-state index < -0.39 is 5.92 Å². The average molecular weight is 591 g/mol. The number of carbonyl (C=O) groups is 1. The lowest BCUT2D eigenvalue weighted by Gasteiger charge is -2.40. The second-order valence-electron chi connectivity index (χ2n) is 11.4. The van der Waals surface area contributed by atoms with Crippen molar-refractivity contribution < 1.29 is 13.6 Å². The molecule has 1 aromatic heterocycles. The van der Waals surface area contributed by atoms with Crippen LogP contribution in [0.3, 0.4) is 0 Å². The van der Waals surface area contributed by atoms with E-state index in [1.54, 1.807) is 0 Å². The van der Waals surface area contributed by atoms with Gasteiger partial charge in [0.15, 0.2) is 5.82 Å². The smallest absolute Gasteiger partial charge is 0.248 e. The van der Waals surface area contributed by atoms with Crippen LogP contribution in [0.2, 0.25) is 0 Å². The van der Waals surface area contributed by atoms with Crippen molar-refractivity contribution in [3.8, 4) is 0 Å². The van der Waals surface area contributed by atoms with Crippen LogP contribution in [0, 0.1) is 5.92 Å². The van der Waals surface area contributed by atoms with Crippen LogP contribution in [0.1, 0.15) is 94.0 Å². The van der Waals surface area contributed by atoms with Gasteiger partial charge in [0, 0.05) is 43.4 Å². The minimum absolute atomic E-state index is 0.0849. The highest BCUT2D eigenvalue weighted by Crippen LogP contribution is 2.43. The molecule has 1 aromatic carbocycles. The number of nitrogens with zero attached hydrogens (tertiary/aromatic N) is 4. The number of allylic oxidation sites excluding steroid dienone is 1. The van der Waals surface area contributed by atoms with Crippen LogP contribution in [0.5, 0.6) is 0 Å². The van der Waals surface area contributed by atoms with Crippen molar-refractivity contribution in [2.75, 3.05) is 6.54 Å². The Labute approximate surface area is 232 Å². The Kier molecular flexibility index (Phi) is 8.33. The summed E-state index contributed by atoms with van der Waals surface area (Å²) in [5.41, 5.74) is 2.00. The summed E-state index contributed by atoms with van der Waals surface area (Å²) in [7, 11) is 0. The van der Waals surface area contributed by atoms with Crippen molar-refractivity contribution >= 4 is 27.4 Å². The third-order valence-corrected chi connectivity index (χ3v) is 9.28. The Morgan fingerprint density at radius 1 is 1.11 bits per heavy atom. The van der Waals surface area contributed by atoms with Crippen LogP contribution >= 0.6 is 15.9 Å². The normalized spacial score (nSPS) is 26.3. The number of fused-ring (bicyclic) bond motifs is 2. The molecule has 0 spiro atoms. The molecule has 6 nitrogen and oxygen atoms in total. The molecule has 1 aliphatic carbocycles. The Balaban J connectivity index is 1.25. The third-order valence-electron chi connectivity index (χ3n) is 8.77. The second kappa shape index (κ2) is 11.5. The summed E-state index contributed by atoms with van der Waals surface area (Å²) < 4.78 is 29.6. The fourth-order valence-corrected chi connectivity index (χ4v) is 7.17. The predicted octanol–water partition coefficient (Wildman–Crippen LogP) is 6.45. The number of piperidine rings is 1. The molecule has 5 rings (SSSR count). The number of nitrogens with one attached hydrogen (secondary N) is 1. The minimum atomic E-state index is -2.63. The number of aromatic nitrogens is 3. The maximum Gasteiger partial charge on any atom is 0.248 e. The van der Waals surface area contributed by atoms with E-state index in [1.165, 1.54) is 12.8 Å². The van der Waals surface area contributed by atoms with Crippen molar-refractivity contribution in [1.82, 2.24) is 25.0 Å². The van der Waals surface area contributed by atoms with E-state index in [-0.39, 0.29) is 43.6 Å². The zero-order valence-corrected chi connectivity index (χ0v) is 23.7. The van der Waals surface area contributed by atoms with E-state index in [9.17, 15) is 13.6 Å². The van der Waals surface area contributed by atoms with Gasteiger partial charge in [0.2, 0.25) is 11.8 Å². The van der Waals surface area contributed by atoms with Gasteiger partial charge < -0.3 is 9.88 Å². The Hall–Kier alpha value is -2.13. The first kappa shape index (κ1) is 27.4. The summed E-state index contributed by atoms with van der Waals surface area (Å²) in [5, 5.41) is 12.7. The van der Waals surface area contributed by atoms with E-state index in [1.807, 2.05) is 37.3 Å². The number of carbonyl (C=O) groups excluding carboxylic acids is 1. The van der Waals surface area contributed by atoms with Gasteiger partial charge in [-0.1, -0.05) is 52.8 Å². The highest BCUT2D eigenvalue weighted by Gasteiger charge is 2.42. The van der Waals surface area contributed by atoms with Gasteiger partial charge >= 0.3 is 0 Å². The van der Waals surface area contributed by atoms with Crippen molar-refractivity contribution in [1.29, 1.82) is 0 Å². The molecule has 1 saturated carbocycles. The maximum absolute atomic E-state index is 13.6. The van der Waals surface area contributed by atoms with Crippen LogP contribution in [0.4, 0.5) is 8.78 Å². The van der Waals surface area contributed by atoms with Crippen molar-refractivity contribution in [2.24, 2.45) is 5.92 Å². The van der Waals surface area contributed by atoms with Gasteiger partial charge in [-0.3, -0.25) is 9.69 Å². The summed E-state index contributed by atoms with van der Waals surface area (Å²) in [6.07, 6.45) is 5.36. The molecule has 1 amide bonds. The molecular weight excluding hydrogens is 552 g/mol. The number of hydrogen-bond donors (Lipinski definition) is 1. The molecule has 3 atom stereocenters. The number of benzene rings is 1. The molecule has 2 aromatic rings. The molecule has 0 radical (unpaired) electrons. The molecule has 2 bridgehead atoms. The van der Waals surface area contributed by atoms with Crippen molar-refractivity contribution in [2.45, 2.75) is 100 Å². The average Bonchev–Trinajstić information content (AvgIpc) is 3.44. The molecule has 38 heavy (non-hydrogen) atoms. The van der Waals surface area contributed by atoms with Gasteiger partial charge in [-0.2, -0.15) is 0 Å². The molecule has 9 heteroatoms. The largest absolute Gasteiger partial charge is 0.349 e. The maximum atomic E-state index is 13.6. The predicted molar refractivity (Wildman–Crippen MR) is 148 cm³/mol. The summed E-state index contributed by atoms with van der Waals surface area (Å²) >= 11 is 3.58. The fraction of sp³-hybridized carbons (Fsp3) is 0.621. The summed E-state index contributed by atoms with van der Waals surface area (Å²) in [5.74, 6) is -1.22. The van der Waals surface area contributed by atoms with Crippen LogP contribution in [-0.2, 0) is 10.1 Å². The number of hydrogen-bond acceptors (Lipinski definition) is 4. The summed E-state index contributed by atoms with van der Waals surface area (Å²) in [6, 6.07) is 11.2. The van der Waals surface area contributed by atoms with E-state index in [0.29, 0.717) is 23.5 Å². The second-order valence-corrected chi connectivity index (χ2v) is 11.9. The summed E-state index contributed by atoms with van der Waals surface area (Å²) in [6.45, 7) is 7.00. The first-order valence-electron chi connectivity index (χ1n) is 13.9. The quantitative estimate of drug-likeness (QED) is 0.341.